The van der Waals surface area contributed by atoms with E-state index in [0.717, 1.165) is 50.3 Å². The summed E-state index contributed by atoms with van der Waals surface area (Å²) < 4.78 is 5.43. The number of ether oxygens (including phenoxy) is 1. The summed E-state index contributed by atoms with van der Waals surface area (Å²) in [7, 11) is 0. The van der Waals surface area contributed by atoms with Crippen molar-refractivity contribution < 1.29 is 23.9 Å². The van der Waals surface area contributed by atoms with E-state index in [9.17, 15) is 19.2 Å². The van der Waals surface area contributed by atoms with Crippen LogP contribution in [0.25, 0.3) is 21.8 Å². The highest BCUT2D eigenvalue weighted by Gasteiger charge is 2.34. The molecule has 5 N–H and O–H groups in total. The number of carbonyl (C=O) groups excluding carboxylic acids is 4. The topological polar surface area (TPSA) is 145 Å². The van der Waals surface area contributed by atoms with Crippen molar-refractivity contribution in [3.05, 3.63) is 108 Å². The highest BCUT2D eigenvalue weighted by atomic mass is 32.2. The molecule has 5 aromatic rings. The molecule has 224 valence electrons. The molecule has 0 radical (unpaired) electrons. The average molecular weight is 610 g/mol. The molecule has 3 heterocycles. The van der Waals surface area contributed by atoms with Gasteiger partial charge in [-0.25, -0.2) is 4.79 Å². The van der Waals surface area contributed by atoms with Gasteiger partial charge in [0, 0.05) is 52.8 Å². The van der Waals surface area contributed by atoms with Gasteiger partial charge in [-0.1, -0.05) is 78.5 Å². The van der Waals surface area contributed by atoms with Gasteiger partial charge in [0.15, 0.2) is 0 Å². The van der Waals surface area contributed by atoms with Crippen molar-refractivity contribution in [2.45, 2.75) is 37.6 Å². The fraction of sp³-hybridized carbons (Fsp3) is 0.212. The predicted octanol–water partition coefficient (Wildman–Crippen LogP) is 3.97. The third kappa shape index (κ3) is 6.63. The third-order valence-electron chi connectivity index (χ3n) is 7.65. The van der Waals surface area contributed by atoms with Crippen molar-refractivity contribution in [2.75, 3.05) is 5.75 Å². The molecule has 3 aromatic carbocycles. The number of alkyl carbamates (subject to hydrolysis) is 1. The SMILES string of the molecule is O=C(N[C@@H](Cc1c[nH]c2ccccc12)C(=O)N[C@@H](Cc1c[nH]c2ccccc12)C(=O)N[C@H]1CSC1=O)OCc1ccccc1. The monoisotopic (exact) mass is 609 g/mol. The molecule has 2 aromatic heterocycles. The van der Waals surface area contributed by atoms with E-state index in [-0.39, 0.29) is 24.6 Å². The highest BCUT2D eigenvalue weighted by Crippen LogP contribution is 2.23. The second-order valence-electron chi connectivity index (χ2n) is 10.6. The van der Waals surface area contributed by atoms with Gasteiger partial charge in [-0.3, -0.25) is 14.4 Å². The van der Waals surface area contributed by atoms with Crippen molar-refractivity contribution in [3.8, 4) is 0 Å². The van der Waals surface area contributed by atoms with Gasteiger partial charge >= 0.3 is 6.09 Å². The zero-order chi connectivity index (χ0) is 30.5. The second-order valence-corrected chi connectivity index (χ2v) is 11.7. The molecule has 1 saturated heterocycles. The number of rotatable bonds is 11. The van der Waals surface area contributed by atoms with E-state index in [1.165, 1.54) is 0 Å². The minimum Gasteiger partial charge on any atom is -0.445 e. The van der Waals surface area contributed by atoms with Gasteiger partial charge in [0.2, 0.25) is 16.9 Å². The summed E-state index contributed by atoms with van der Waals surface area (Å²) in [6, 6.07) is 21.9. The maximum Gasteiger partial charge on any atom is 0.408 e. The molecule has 3 atom stereocenters. The number of benzene rings is 3. The van der Waals surface area contributed by atoms with Crippen LogP contribution < -0.4 is 16.0 Å². The Morgan fingerprint density at radius 2 is 1.34 bits per heavy atom. The zero-order valence-electron chi connectivity index (χ0n) is 23.7. The summed E-state index contributed by atoms with van der Waals surface area (Å²) in [6.07, 6.45) is 3.18. The Bertz CT molecular complexity index is 1820. The number of hydrogen-bond donors (Lipinski definition) is 5. The number of H-pyrrole nitrogens is 2. The lowest BCUT2D eigenvalue weighted by atomic mass is 10.0. The number of nitrogens with one attached hydrogen (secondary N) is 5. The van der Waals surface area contributed by atoms with Gasteiger partial charge in [-0.05, 0) is 28.8 Å². The number of carbonyl (C=O) groups is 4. The minimum atomic E-state index is -1.06. The Kier molecular flexibility index (Phi) is 8.64. The first-order valence-corrected chi connectivity index (χ1v) is 15.3. The minimum absolute atomic E-state index is 0.0348. The van der Waals surface area contributed by atoms with Gasteiger partial charge < -0.3 is 30.7 Å². The van der Waals surface area contributed by atoms with Crippen LogP contribution in [-0.2, 0) is 38.6 Å². The number of aromatic amines is 2. The highest BCUT2D eigenvalue weighted by molar-refractivity contribution is 8.16. The summed E-state index contributed by atoms with van der Waals surface area (Å²) in [5, 5.41) is 10.1. The summed E-state index contributed by atoms with van der Waals surface area (Å²) in [6.45, 7) is 0.0348. The van der Waals surface area contributed by atoms with Gasteiger partial charge in [0.25, 0.3) is 0 Å². The molecule has 3 amide bonds. The van der Waals surface area contributed by atoms with Crippen LogP contribution >= 0.6 is 11.8 Å². The van der Waals surface area contributed by atoms with Gasteiger partial charge in [0.1, 0.15) is 24.7 Å². The fourth-order valence-corrected chi connectivity index (χ4v) is 5.86. The molecule has 0 unspecified atom stereocenters. The molecule has 1 aliphatic rings. The molecule has 44 heavy (non-hydrogen) atoms. The Balaban J connectivity index is 1.23. The van der Waals surface area contributed by atoms with Crippen LogP contribution in [0.4, 0.5) is 4.79 Å². The maximum absolute atomic E-state index is 13.9. The normalized spacial score (nSPS) is 15.7. The molecular weight excluding hydrogens is 578 g/mol. The lowest BCUT2D eigenvalue weighted by molar-refractivity contribution is -0.131. The van der Waals surface area contributed by atoms with Crippen LogP contribution in [0.5, 0.6) is 0 Å². The Morgan fingerprint density at radius 3 is 1.91 bits per heavy atom. The third-order valence-corrected chi connectivity index (χ3v) is 8.71. The lowest BCUT2D eigenvalue weighted by Crippen LogP contribution is -2.58. The van der Waals surface area contributed by atoms with E-state index < -0.39 is 36.0 Å². The summed E-state index contributed by atoms with van der Waals surface area (Å²) >= 11 is 1.15. The largest absolute Gasteiger partial charge is 0.445 e. The standard InChI is InChI=1S/C33H31N5O5S/c39-30(37-29-19-44-32(29)41)27(14-21-16-34-25-12-6-4-10-23(21)25)36-31(40)28(15-22-17-35-26-13-7-5-11-24(22)26)38-33(42)43-18-20-8-2-1-3-9-20/h1-13,16-17,27-29,34-35H,14-15,18-19H2,(H,36,40)(H,37,39)(H,38,42)/t27-,28-,29-/m0/s1. The van der Waals surface area contributed by atoms with Gasteiger partial charge in [-0.2, -0.15) is 0 Å². The number of fused-ring (bicyclic) bond motifs is 2. The molecule has 10 nitrogen and oxygen atoms in total. The molecule has 0 aliphatic carbocycles. The lowest BCUT2D eigenvalue weighted by Gasteiger charge is -2.28. The van der Waals surface area contributed by atoms with Crippen molar-refractivity contribution in [1.82, 2.24) is 25.9 Å². The van der Waals surface area contributed by atoms with Crippen molar-refractivity contribution in [3.63, 3.8) is 0 Å². The number of para-hydroxylation sites is 2. The van der Waals surface area contributed by atoms with Crippen LogP contribution in [0, 0.1) is 0 Å². The molecule has 6 rings (SSSR count). The van der Waals surface area contributed by atoms with Crippen molar-refractivity contribution in [2.24, 2.45) is 0 Å². The fourth-order valence-electron chi connectivity index (χ4n) is 5.25. The summed E-state index contributed by atoms with van der Waals surface area (Å²) in [5.41, 5.74) is 4.25. The van der Waals surface area contributed by atoms with Crippen LogP contribution in [-0.4, -0.2) is 56.9 Å². The number of hydrogen-bond acceptors (Lipinski definition) is 6. The van der Waals surface area contributed by atoms with Gasteiger partial charge in [-0.15, -0.1) is 0 Å². The van der Waals surface area contributed by atoms with Gasteiger partial charge in [0.05, 0.1) is 0 Å². The molecule has 1 fully saturated rings. The first kappa shape index (κ1) is 29.1. The first-order chi connectivity index (χ1) is 21.4. The summed E-state index contributed by atoms with van der Waals surface area (Å²) in [5.74, 6) is -0.544. The number of aromatic nitrogens is 2. The zero-order valence-corrected chi connectivity index (χ0v) is 24.5. The van der Waals surface area contributed by atoms with Crippen molar-refractivity contribution >= 4 is 56.6 Å². The van der Waals surface area contributed by atoms with E-state index in [4.69, 9.17) is 4.74 Å². The second kappa shape index (κ2) is 13.1. The molecule has 0 spiro atoms. The average Bonchev–Trinajstić information content (AvgIpc) is 3.65. The molecule has 0 bridgehead atoms. The van der Waals surface area contributed by atoms with E-state index in [0.29, 0.717) is 5.75 Å². The van der Waals surface area contributed by atoms with Crippen LogP contribution in [0.2, 0.25) is 0 Å². The van der Waals surface area contributed by atoms with E-state index >= 15 is 0 Å². The van der Waals surface area contributed by atoms with Crippen LogP contribution in [0.1, 0.15) is 16.7 Å². The quantitative estimate of drug-likeness (QED) is 0.153. The van der Waals surface area contributed by atoms with E-state index in [2.05, 4.69) is 25.9 Å². The molecule has 11 heteroatoms. The predicted molar refractivity (Wildman–Crippen MR) is 169 cm³/mol. The van der Waals surface area contributed by atoms with Crippen LogP contribution in [0.3, 0.4) is 0 Å². The molecule has 0 saturated carbocycles. The first-order valence-electron chi connectivity index (χ1n) is 14.3. The Labute approximate surface area is 257 Å². The molecular formula is C33H31N5O5S. The maximum atomic E-state index is 13.9. The Hall–Kier alpha value is -5.03. The number of amides is 3. The van der Waals surface area contributed by atoms with E-state index in [1.54, 1.807) is 6.20 Å². The van der Waals surface area contributed by atoms with Crippen LogP contribution in [0.15, 0.2) is 91.3 Å². The summed E-state index contributed by atoms with van der Waals surface area (Å²) in [4.78, 5) is 58.7. The van der Waals surface area contributed by atoms with Crippen molar-refractivity contribution in [1.29, 1.82) is 0 Å². The Morgan fingerprint density at radius 1 is 0.773 bits per heavy atom. The smallest absolute Gasteiger partial charge is 0.408 e. The number of thioether (sulfide) groups is 1. The van der Waals surface area contributed by atoms with E-state index in [1.807, 2.05) is 85.1 Å². The molecule has 1 aliphatic heterocycles.